The summed E-state index contributed by atoms with van der Waals surface area (Å²) in [5.41, 5.74) is 0. The van der Waals surface area contributed by atoms with Gasteiger partial charge in [0.15, 0.2) is 0 Å². The largest absolute Gasteiger partial charge is 0.478 e. The van der Waals surface area contributed by atoms with Gasteiger partial charge in [0.05, 0.1) is 0 Å². The number of allylic oxidation sites excluding steroid dienone is 1. The van der Waals surface area contributed by atoms with Crippen molar-refractivity contribution in [1.82, 2.24) is 0 Å². The molecule has 1 fully saturated rings. The quantitative estimate of drug-likeness (QED) is 0.315. The Morgan fingerprint density at radius 2 is 1.70 bits per heavy atom. The molecule has 0 aromatic heterocycles. The maximum absolute atomic E-state index is 10.3. The molecule has 0 saturated heterocycles. The number of carboxylic acids is 1. The van der Waals surface area contributed by atoms with Gasteiger partial charge in [-0.25, -0.2) is 4.79 Å². The van der Waals surface area contributed by atoms with Crippen molar-refractivity contribution in [2.75, 3.05) is 5.88 Å². The van der Waals surface area contributed by atoms with Crippen molar-refractivity contribution in [3.05, 3.63) is 12.2 Å². The van der Waals surface area contributed by atoms with Gasteiger partial charge in [0, 0.05) is 12.0 Å². The van der Waals surface area contributed by atoms with E-state index in [0.717, 1.165) is 37.0 Å². The van der Waals surface area contributed by atoms with Gasteiger partial charge in [0.1, 0.15) is 0 Å². The van der Waals surface area contributed by atoms with Crippen molar-refractivity contribution in [2.45, 2.75) is 70.6 Å². The van der Waals surface area contributed by atoms with E-state index in [4.69, 9.17) is 16.7 Å². The lowest BCUT2D eigenvalue weighted by atomic mass is 9.87. The molecule has 0 aromatic carbocycles. The van der Waals surface area contributed by atoms with E-state index in [0.29, 0.717) is 0 Å². The number of carboxylic acid groups (broad SMARTS) is 1. The summed E-state index contributed by atoms with van der Waals surface area (Å²) in [6.07, 6.45) is 17.1. The molecule has 0 spiro atoms. The summed E-state index contributed by atoms with van der Waals surface area (Å²) < 4.78 is 0. The average Bonchev–Trinajstić information content (AvgIpc) is 2.86. The highest BCUT2D eigenvalue weighted by atomic mass is 35.5. The standard InChI is InChI=1S/C17H29ClO2/c18-14-7-3-5-10-16-12-8-11-15(16)9-4-1-2-6-13-17(19)20/h6,13,15-16H,1-5,7-12,14H2,(H,19,20)/t15-,16-/m0/s1. The Bertz CT molecular complexity index is 289. The Morgan fingerprint density at radius 1 is 1.05 bits per heavy atom. The molecule has 20 heavy (non-hydrogen) atoms. The topological polar surface area (TPSA) is 37.3 Å². The van der Waals surface area contributed by atoms with Crippen LogP contribution in [0.4, 0.5) is 0 Å². The summed E-state index contributed by atoms with van der Waals surface area (Å²) in [7, 11) is 0. The third-order valence-corrected chi connectivity index (χ3v) is 4.75. The molecule has 0 unspecified atom stereocenters. The molecular weight excluding hydrogens is 272 g/mol. The third-order valence-electron chi connectivity index (χ3n) is 4.48. The molecule has 1 aliphatic rings. The highest BCUT2D eigenvalue weighted by molar-refractivity contribution is 6.17. The maximum Gasteiger partial charge on any atom is 0.327 e. The minimum atomic E-state index is -0.835. The number of hydrogen-bond donors (Lipinski definition) is 1. The van der Waals surface area contributed by atoms with E-state index in [1.54, 1.807) is 6.08 Å². The molecule has 2 atom stereocenters. The van der Waals surface area contributed by atoms with Crippen molar-refractivity contribution in [1.29, 1.82) is 0 Å². The number of carbonyl (C=O) groups is 1. The van der Waals surface area contributed by atoms with E-state index in [9.17, 15) is 4.79 Å². The molecule has 0 amide bonds. The van der Waals surface area contributed by atoms with Crippen molar-refractivity contribution >= 4 is 17.6 Å². The summed E-state index contributed by atoms with van der Waals surface area (Å²) in [6, 6.07) is 0. The summed E-state index contributed by atoms with van der Waals surface area (Å²) in [5, 5.41) is 8.50. The fourth-order valence-electron chi connectivity index (χ4n) is 3.40. The molecule has 1 N–H and O–H groups in total. The second kappa shape index (κ2) is 11.2. The minimum Gasteiger partial charge on any atom is -0.478 e. The van der Waals surface area contributed by atoms with Gasteiger partial charge in [-0.3, -0.25) is 0 Å². The lowest BCUT2D eigenvalue weighted by Gasteiger charge is -2.19. The molecule has 1 aliphatic carbocycles. The first-order valence-corrected chi connectivity index (χ1v) is 8.73. The van der Waals surface area contributed by atoms with Crippen LogP contribution in [-0.2, 0) is 4.79 Å². The van der Waals surface area contributed by atoms with E-state index in [2.05, 4.69) is 0 Å². The summed E-state index contributed by atoms with van der Waals surface area (Å²) in [4.78, 5) is 10.3. The fraction of sp³-hybridized carbons (Fsp3) is 0.824. The number of hydrogen-bond acceptors (Lipinski definition) is 1. The van der Waals surface area contributed by atoms with Crippen LogP contribution in [0.15, 0.2) is 12.2 Å². The molecule has 0 bridgehead atoms. The predicted molar refractivity (Wildman–Crippen MR) is 85.3 cm³/mol. The van der Waals surface area contributed by atoms with E-state index in [-0.39, 0.29) is 0 Å². The maximum atomic E-state index is 10.3. The molecule has 0 radical (unpaired) electrons. The summed E-state index contributed by atoms with van der Waals surface area (Å²) in [6.45, 7) is 0. The number of aliphatic carboxylic acids is 1. The number of rotatable bonds is 11. The van der Waals surface area contributed by atoms with Gasteiger partial charge in [0.2, 0.25) is 0 Å². The van der Waals surface area contributed by atoms with Gasteiger partial charge < -0.3 is 5.11 Å². The molecule has 116 valence electrons. The van der Waals surface area contributed by atoms with E-state index in [1.165, 1.54) is 57.4 Å². The van der Waals surface area contributed by atoms with Gasteiger partial charge in [-0.15, -0.1) is 11.6 Å². The van der Waals surface area contributed by atoms with Crippen molar-refractivity contribution in [3.63, 3.8) is 0 Å². The van der Waals surface area contributed by atoms with Crippen LogP contribution < -0.4 is 0 Å². The van der Waals surface area contributed by atoms with Crippen LogP contribution in [0.1, 0.15) is 70.6 Å². The van der Waals surface area contributed by atoms with Crippen LogP contribution in [0.3, 0.4) is 0 Å². The Balaban J connectivity index is 2.07. The average molecular weight is 301 g/mol. The molecule has 0 aromatic rings. The second-order valence-electron chi connectivity index (χ2n) is 6.01. The SMILES string of the molecule is O=C(O)C=CCCCC[C@H]1CCC[C@@H]1CCCCCCl. The van der Waals surface area contributed by atoms with E-state index < -0.39 is 5.97 Å². The van der Waals surface area contributed by atoms with Crippen LogP contribution in [0.25, 0.3) is 0 Å². The van der Waals surface area contributed by atoms with Crippen molar-refractivity contribution in [3.8, 4) is 0 Å². The second-order valence-corrected chi connectivity index (χ2v) is 6.39. The lowest BCUT2D eigenvalue weighted by Crippen LogP contribution is -2.08. The molecule has 3 heteroatoms. The number of halogens is 1. The van der Waals surface area contributed by atoms with Crippen molar-refractivity contribution < 1.29 is 9.90 Å². The summed E-state index contributed by atoms with van der Waals surface area (Å²) in [5.74, 6) is 1.84. The first-order chi connectivity index (χ1) is 9.74. The molecule has 2 nitrogen and oxygen atoms in total. The molecule has 0 aliphatic heterocycles. The van der Waals surface area contributed by atoms with E-state index >= 15 is 0 Å². The predicted octanol–water partition coefficient (Wildman–Crippen LogP) is 5.40. The Labute approximate surface area is 128 Å². The first-order valence-electron chi connectivity index (χ1n) is 8.19. The Hall–Kier alpha value is -0.500. The Kier molecular flexibility index (Phi) is 9.82. The third kappa shape index (κ3) is 7.94. The van der Waals surface area contributed by atoms with Gasteiger partial charge in [-0.1, -0.05) is 57.4 Å². The van der Waals surface area contributed by atoms with E-state index in [1.807, 2.05) is 0 Å². The molecule has 1 saturated carbocycles. The molecule has 1 rings (SSSR count). The van der Waals surface area contributed by atoms with Crippen LogP contribution >= 0.6 is 11.6 Å². The van der Waals surface area contributed by atoms with Gasteiger partial charge >= 0.3 is 5.97 Å². The first kappa shape index (κ1) is 17.6. The van der Waals surface area contributed by atoms with Crippen LogP contribution in [0, 0.1) is 11.8 Å². The van der Waals surface area contributed by atoms with Crippen LogP contribution in [0.2, 0.25) is 0 Å². The minimum absolute atomic E-state index is 0.804. The Morgan fingerprint density at radius 3 is 2.30 bits per heavy atom. The zero-order chi connectivity index (χ0) is 14.6. The monoisotopic (exact) mass is 300 g/mol. The van der Waals surface area contributed by atoms with Gasteiger partial charge in [0.25, 0.3) is 0 Å². The smallest absolute Gasteiger partial charge is 0.327 e. The lowest BCUT2D eigenvalue weighted by molar-refractivity contribution is -0.131. The highest BCUT2D eigenvalue weighted by Crippen LogP contribution is 2.38. The van der Waals surface area contributed by atoms with Gasteiger partial charge in [-0.2, -0.15) is 0 Å². The normalized spacial score (nSPS) is 22.6. The number of alkyl halides is 1. The van der Waals surface area contributed by atoms with Crippen LogP contribution in [0.5, 0.6) is 0 Å². The molecule has 0 heterocycles. The number of unbranched alkanes of at least 4 members (excludes halogenated alkanes) is 4. The fourth-order valence-corrected chi connectivity index (χ4v) is 3.59. The molecular formula is C17H29ClO2. The van der Waals surface area contributed by atoms with Gasteiger partial charge in [-0.05, 0) is 31.1 Å². The highest BCUT2D eigenvalue weighted by Gasteiger charge is 2.25. The zero-order valence-corrected chi connectivity index (χ0v) is 13.3. The summed E-state index contributed by atoms with van der Waals surface area (Å²) >= 11 is 5.71. The van der Waals surface area contributed by atoms with Crippen LogP contribution in [-0.4, -0.2) is 17.0 Å². The zero-order valence-electron chi connectivity index (χ0n) is 12.5. The van der Waals surface area contributed by atoms with Crippen molar-refractivity contribution in [2.24, 2.45) is 11.8 Å².